The second-order valence-corrected chi connectivity index (χ2v) is 11.2. The van der Waals surface area contributed by atoms with Crippen molar-refractivity contribution in [2.75, 3.05) is 25.1 Å². The summed E-state index contributed by atoms with van der Waals surface area (Å²) in [4.78, 5) is 17.6. The Bertz CT molecular complexity index is 933. The zero-order chi connectivity index (χ0) is 21.8. The molecule has 5 nitrogen and oxygen atoms in total. The summed E-state index contributed by atoms with van der Waals surface area (Å²) in [6.07, 6.45) is 4.75. The normalized spacial score (nSPS) is 21.1. The maximum Gasteiger partial charge on any atom is 0.237 e. The maximum absolute atomic E-state index is 13.6. The molecule has 2 fully saturated rings. The van der Waals surface area contributed by atoms with Gasteiger partial charge >= 0.3 is 0 Å². The Morgan fingerprint density at radius 2 is 1.45 bits per heavy atom. The molecule has 0 aromatic heterocycles. The monoisotopic (exact) mass is 440 g/mol. The zero-order valence-electron chi connectivity index (χ0n) is 18.2. The lowest BCUT2D eigenvalue weighted by Crippen LogP contribution is -2.50. The molecule has 31 heavy (non-hydrogen) atoms. The van der Waals surface area contributed by atoms with Gasteiger partial charge in [-0.3, -0.25) is 9.69 Å². The predicted octanol–water partition coefficient (Wildman–Crippen LogP) is 3.67. The lowest BCUT2D eigenvalue weighted by Gasteiger charge is -2.37. The summed E-state index contributed by atoms with van der Waals surface area (Å²) >= 11 is 0. The molecule has 166 valence electrons. The van der Waals surface area contributed by atoms with Crippen LogP contribution in [0.2, 0.25) is 0 Å². The Morgan fingerprint density at radius 3 is 1.94 bits per heavy atom. The van der Waals surface area contributed by atoms with Crippen LogP contribution >= 0.6 is 0 Å². The van der Waals surface area contributed by atoms with Crippen molar-refractivity contribution < 1.29 is 13.2 Å². The van der Waals surface area contributed by atoms with E-state index in [0.29, 0.717) is 6.42 Å². The van der Waals surface area contributed by atoms with Gasteiger partial charge in [-0.2, -0.15) is 0 Å². The van der Waals surface area contributed by atoms with Gasteiger partial charge in [0, 0.05) is 12.1 Å². The molecule has 1 amide bonds. The Morgan fingerprint density at radius 1 is 0.903 bits per heavy atom. The number of hydrogen-bond donors (Lipinski definition) is 0. The summed E-state index contributed by atoms with van der Waals surface area (Å²) in [5.41, 5.74) is 2.28. The van der Waals surface area contributed by atoms with E-state index < -0.39 is 9.84 Å². The van der Waals surface area contributed by atoms with Crippen molar-refractivity contribution in [2.24, 2.45) is 0 Å². The summed E-state index contributed by atoms with van der Waals surface area (Å²) in [6, 6.07) is 20.4. The second-order valence-electron chi connectivity index (χ2n) is 8.94. The topological polar surface area (TPSA) is 57.7 Å². The van der Waals surface area contributed by atoms with Crippen LogP contribution in [0.3, 0.4) is 0 Å². The average molecular weight is 441 g/mol. The van der Waals surface area contributed by atoms with E-state index in [1.807, 2.05) is 48.3 Å². The molecule has 4 rings (SSSR count). The minimum atomic E-state index is -3.04. The molecule has 1 saturated carbocycles. The summed E-state index contributed by atoms with van der Waals surface area (Å²) in [7, 11) is -1.05. The average Bonchev–Trinajstić information content (AvgIpc) is 3.40. The highest BCUT2D eigenvalue weighted by Gasteiger charge is 2.39. The standard InChI is InChI=1S/C25H32N2O3S/c1-26(25(20-10-4-2-5-11-20)21-12-6-3-7-13-21)18-24(28)27(22-14-8-9-15-22)23-16-17-31(29,30)19-23/h2-7,10-13,22-23,25H,8-9,14-19H2,1H3. The lowest BCUT2D eigenvalue weighted by atomic mass is 9.97. The number of carbonyl (C=O) groups is 1. The van der Waals surface area contributed by atoms with Crippen LogP contribution in [0.5, 0.6) is 0 Å². The van der Waals surface area contributed by atoms with E-state index >= 15 is 0 Å². The van der Waals surface area contributed by atoms with Crippen molar-refractivity contribution in [3.63, 3.8) is 0 Å². The Kier molecular flexibility index (Phi) is 6.77. The van der Waals surface area contributed by atoms with Crippen molar-refractivity contribution in [3.8, 4) is 0 Å². The van der Waals surface area contributed by atoms with Gasteiger partial charge in [0.25, 0.3) is 0 Å². The van der Waals surface area contributed by atoms with Gasteiger partial charge in [0.15, 0.2) is 9.84 Å². The van der Waals surface area contributed by atoms with Crippen molar-refractivity contribution in [3.05, 3.63) is 71.8 Å². The van der Waals surface area contributed by atoms with Gasteiger partial charge in [0.2, 0.25) is 5.91 Å². The molecular weight excluding hydrogens is 408 g/mol. The molecule has 1 saturated heterocycles. The first-order valence-corrected chi connectivity index (χ1v) is 13.1. The van der Waals surface area contributed by atoms with E-state index in [0.717, 1.165) is 36.8 Å². The number of amides is 1. The van der Waals surface area contributed by atoms with Gasteiger partial charge in [-0.1, -0.05) is 73.5 Å². The number of sulfone groups is 1. The summed E-state index contributed by atoms with van der Waals surface area (Å²) in [5, 5.41) is 0. The molecule has 1 unspecified atom stereocenters. The van der Waals surface area contributed by atoms with E-state index in [1.54, 1.807) is 0 Å². The van der Waals surface area contributed by atoms with Gasteiger partial charge in [-0.15, -0.1) is 0 Å². The molecule has 0 bridgehead atoms. The van der Waals surface area contributed by atoms with Crippen molar-refractivity contribution in [1.82, 2.24) is 9.80 Å². The number of rotatable bonds is 7. The van der Waals surface area contributed by atoms with Gasteiger partial charge < -0.3 is 4.90 Å². The molecule has 0 spiro atoms. The van der Waals surface area contributed by atoms with Crippen molar-refractivity contribution >= 4 is 15.7 Å². The van der Waals surface area contributed by atoms with Crippen LogP contribution in [-0.2, 0) is 14.6 Å². The fourth-order valence-corrected chi connectivity index (χ4v) is 6.95. The highest BCUT2D eigenvalue weighted by molar-refractivity contribution is 7.91. The maximum atomic E-state index is 13.6. The van der Waals surface area contributed by atoms with Gasteiger partial charge in [0.1, 0.15) is 0 Å². The van der Waals surface area contributed by atoms with E-state index in [9.17, 15) is 13.2 Å². The molecule has 1 aliphatic heterocycles. The quantitative estimate of drug-likeness (QED) is 0.659. The predicted molar refractivity (Wildman–Crippen MR) is 124 cm³/mol. The molecule has 2 aliphatic rings. The Labute approximate surface area is 186 Å². The molecule has 0 N–H and O–H groups in total. The minimum Gasteiger partial charge on any atom is -0.335 e. The minimum absolute atomic E-state index is 0.0379. The Balaban J connectivity index is 1.57. The summed E-state index contributed by atoms with van der Waals surface area (Å²) < 4.78 is 24.3. The van der Waals surface area contributed by atoms with Gasteiger partial charge in [-0.25, -0.2) is 8.42 Å². The number of nitrogens with zero attached hydrogens (tertiary/aromatic N) is 2. The van der Waals surface area contributed by atoms with E-state index in [1.165, 1.54) is 0 Å². The summed E-state index contributed by atoms with van der Waals surface area (Å²) in [5.74, 6) is 0.355. The second kappa shape index (κ2) is 9.53. The van der Waals surface area contributed by atoms with E-state index in [2.05, 4.69) is 29.2 Å². The third kappa shape index (κ3) is 5.18. The van der Waals surface area contributed by atoms with Gasteiger partial charge in [-0.05, 0) is 37.4 Å². The molecule has 2 aromatic carbocycles. The van der Waals surface area contributed by atoms with Crippen LogP contribution in [0.25, 0.3) is 0 Å². The first-order valence-electron chi connectivity index (χ1n) is 11.3. The Hall–Kier alpha value is -2.18. The van der Waals surface area contributed by atoms with E-state index in [-0.39, 0.29) is 42.1 Å². The fourth-order valence-electron chi connectivity index (χ4n) is 5.24. The van der Waals surface area contributed by atoms with Crippen molar-refractivity contribution in [2.45, 2.75) is 50.2 Å². The number of benzene rings is 2. The molecule has 2 aromatic rings. The van der Waals surface area contributed by atoms with Crippen LogP contribution in [0, 0.1) is 0 Å². The lowest BCUT2D eigenvalue weighted by molar-refractivity contribution is -0.137. The molecule has 6 heteroatoms. The molecule has 1 atom stereocenters. The van der Waals surface area contributed by atoms with E-state index in [4.69, 9.17) is 0 Å². The molecular formula is C25H32N2O3S. The SMILES string of the molecule is CN(CC(=O)N(C1CCCC1)C1CCS(=O)(=O)C1)C(c1ccccc1)c1ccccc1. The highest BCUT2D eigenvalue weighted by Crippen LogP contribution is 2.31. The van der Waals surface area contributed by atoms with Gasteiger partial charge in [0.05, 0.1) is 24.1 Å². The molecule has 1 heterocycles. The van der Waals surface area contributed by atoms with Crippen LogP contribution in [0.1, 0.15) is 49.3 Å². The smallest absolute Gasteiger partial charge is 0.237 e. The number of carbonyl (C=O) groups excluding carboxylic acids is 1. The van der Waals surface area contributed by atoms with Crippen LogP contribution in [0.4, 0.5) is 0 Å². The van der Waals surface area contributed by atoms with Crippen LogP contribution < -0.4 is 0 Å². The third-order valence-corrected chi connectivity index (χ3v) is 8.41. The summed E-state index contributed by atoms with van der Waals surface area (Å²) in [6.45, 7) is 0.265. The number of likely N-dealkylation sites (N-methyl/N-ethyl adjacent to an activating group) is 1. The van der Waals surface area contributed by atoms with Crippen LogP contribution in [-0.4, -0.2) is 61.3 Å². The molecule has 1 aliphatic carbocycles. The highest BCUT2D eigenvalue weighted by atomic mass is 32.2. The molecule has 0 radical (unpaired) electrons. The van der Waals surface area contributed by atoms with Crippen molar-refractivity contribution in [1.29, 1.82) is 0 Å². The first-order chi connectivity index (χ1) is 14.9. The van der Waals surface area contributed by atoms with Crippen LogP contribution in [0.15, 0.2) is 60.7 Å². The zero-order valence-corrected chi connectivity index (χ0v) is 19.0. The fraction of sp³-hybridized carbons (Fsp3) is 0.480. The third-order valence-electron chi connectivity index (χ3n) is 6.66. The largest absolute Gasteiger partial charge is 0.335 e. The number of hydrogen-bond acceptors (Lipinski definition) is 4. The first kappa shape index (κ1) is 22.0.